The highest BCUT2D eigenvalue weighted by atomic mass is 16.5. The molecule has 0 aliphatic heterocycles. The molecule has 18 heavy (non-hydrogen) atoms. The first-order valence-corrected chi connectivity index (χ1v) is 5.50. The Morgan fingerprint density at radius 2 is 2.00 bits per heavy atom. The van der Waals surface area contributed by atoms with E-state index in [4.69, 9.17) is 4.74 Å². The van der Waals surface area contributed by atoms with Crippen molar-refractivity contribution in [2.45, 2.75) is 6.92 Å². The Hall–Kier alpha value is -2.24. The lowest BCUT2D eigenvalue weighted by atomic mass is 10.3. The van der Waals surface area contributed by atoms with Crippen molar-refractivity contribution in [1.29, 1.82) is 0 Å². The molecule has 1 rings (SSSR count). The Balaban J connectivity index is 2.47. The zero-order valence-electron chi connectivity index (χ0n) is 10.4. The lowest BCUT2D eigenvalue weighted by Crippen LogP contribution is -2.33. The Kier molecular flexibility index (Phi) is 5.50. The van der Waals surface area contributed by atoms with Gasteiger partial charge in [0.1, 0.15) is 12.3 Å². The van der Waals surface area contributed by atoms with Crippen molar-refractivity contribution in [1.82, 2.24) is 5.32 Å². The molecule has 0 bridgehead atoms. The van der Waals surface area contributed by atoms with Crippen molar-refractivity contribution in [3.63, 3.8) is 0 Å². The van der Waals surface area contributed by atoms with Gasteiger partial charge in [0.15, 0.2) is 0 Å². The Morgan fingerprint density at radius 1 is 1.28 bits per heavy atom. The SMILES string of the molecule is CCOC(=O)NCC(=O)Nc1ccccc1OC. The Labute approximate surface area is 105 Å². The van der Waals surface area contributed by atoms with E-state index in [1.165, 1.54) is 7.11 Å². The monoisotopic (exact) mass is 252 g/mol. The van der Waals surface area contributed by atoms with Gasteiger partial charge in [-0.15, -0.1) is 0 Å². The van der Waals surface area contributed by atoms with E-state index in [1.807, 2.05) is 0 Å². The first kappa shape index (κ1) is 13.8. The van der Waals surface area contributed by atoms with Gasteiger partial charge in [-0.3, -0.25) is 4.79 Å². The predicted molar refractivity (Wildman–Crippen MR) is 66.6 cm³/mol. The minimum Gasteiger partial charge on any atom is -0.495 e. The first-order chi connectivity index (χ1) is 8.67. The highest BCUT2D eigenvalue weighted by Gasteiger charge is 2.08. The van der Waals surface area contributed by atoms with Gasteiger partial charge in [-0.05, 0) is 19.1 Å². The summed E-state index contributed by atoms with van der Waals surface area (Å²) < 4.78 is 9.72. The molecule has 0 unspecified atom stereocenters. The third-order valence-corrected chi connectivity index (χ3v) is 2.05. The molecule has 6 nitrogen and oxygen atoms in total. The summed E-state index contributed by atoms with van der Waals surface area (Å²) >= 11 is 0. The van der Waals surface area contributed by atoms with Crippen LogP contribution in [0.5, 0.6) is 5.75 Å². The summed E-state index contributed by atoms with van der Waals surface area (Å²) in [5.74, 6) is 0.203. The predicted octanol–water partition coefficient (Wildman–Crippen LogP) is 1.38. The standard InChI is InChI=1S/C12H16N2O4/c1-3-18-12(16)13-8-11(15)14-9-6-4-5-7-10(9)17-2/h4-7H,3,8H2,1-2H3,(H,13,16)(H,14,15). The number of anilines is 1. The van der Waals surface area contributed by atoms with Gasteiger partial charge in [0.05, 0.1) is 19.4 Å². The van der Waals surface area contributed by atoms with Crippen LogP contribution < -0.4 is 15.4 Å². The molecule has 0 aliphatic carbocycles. The molecule has 0 heterocycles. The van der Waals surface area contributed by atoms with Gasteiger partial charge in [0, 0.05) is 0 Å². The van der Waals surface area contributed by atoms with Crippen LogP contribution in [0, 0.1) is 0 Å². The summed E-state index contributed by atoms with van der Waals surface area (Å²) in [6, 6.07) is 7.01. The maximum atomic E-state index is 11.6. The molecule has 2 amide bonds. The summed E-state index contributed by atoms with van der Waals surface area (Å²) in [7, 11) is 1.52. The molecule has 0 radical (unpaired) electrons. The molecule has 0 aliphatic rings. The van der Waals surface area contributed by atoms with E-state index in [2.05, 4.69) is 15.4 Å². The van der Waals surface area contributed by atoms with Crippen molar-refractivity contribution in [3.8, 4) is 5.75 Å². The quantitative estimate of drug-likeness (QED) is 0.830. The van der Waals surface area contributed by atoms with Crippen molar-refractivity contribution in [3.05, 3.63) is 24.3 Å². The summed E-state index contributed by atoms with van der Waals surface area (Å²) in [4.78, 5) is 22.5. The number of rotatable bonds is 5. The number of nitrogens with one attached hydrogen (secondary N) is 2. The fraction of sp³-hybridized carbons (Fsp3) is 0.333. The number of amides is 2. The molecule has 1 aromatic carbocycles. The third-order valence-electron chi connectivity index (χ3n) is 2.05. The fourth-order valence-electron chi connectivity index (χ4n) is 1.28. The molecule has 0 aromatic heterocycles. The molecule has 0 spiro atoms. The molecule has 0 atom stereocenters. The van der Waals surface area contributed by atoms with Crippen LogP contribution in [0.2, 0.25) is 0 Å². The number of hydrogen-bond donors (Lipinski definition) is 2. The highest BCUT2D eigenvalue weighted by Crippen LogP contribution is 2.22. The van der Waals surface area contributed by atoms with E-state index in [9.17, 15) is 9.59 Å². The lowest BCUT2D eigenvalue weighted by molar-refractivity contribution is -0.115. The number of carbonyl (C=O) groups is 2. The number of benzene rings is 1. The Bertz CT molecular complexity index is 420. The first-order valence-electron chi connectivity index (χ1n) is 5.50. The molecular weight excluding hydrogens is 236 g/mol. The van der Waals surface area contributed by atoms with Crippen LogP contribution in [0.3, 0.4) is 0 Å². The summed E-state index contributed by atoms with van der Waals surface area (Å²) in [6.45, 7) is 1.80. The van der Waals surface area contributed by atoms with Crippen LogP contribution in [-0.4, -0.2) is 32.3 Å². The van der Waals surface area contributed by atoms with Gasteiger partial charge < -0.3 is 20.1 Å². The zero-order chi connectivity index (χ0) is 13.4. The van der Waals surface area contributed by atoms with E-state index < -0.39 is 6.09 Å². The van der Waals surface area contributed by atoms with Gasteiger partial charge in [0.2, 0.25) is 5.91 Å². The summed E-state index contributed by atoms with van der Waals surface area (Å²) in [5.41, 5.74) is 0.552. The van der Waals surface area contributed by atoms with Gasteiger partial charge in [-0.2, -0.15) is 0 Å². The second kappa shape index (κ2) is 7.16. The van der Waals surface area contributed by atoms with Gasteiger partial charge in [-0.25, -0.2) is 4.79 Å². The molecule has 6 heteroatoms. The number of hydrogen-bond acceptors (Lipinski definition) is 4. The van der Waals surface area contributed by atoms with Crippen LogP contribution in [0.25, 0.3) is 0 Å². The average Bonchev–Trinajstić information content (AvgIpc) is 2.37. The van der Waals surface area contributed by atoms with Crippen molar-refractivity contribution < 1.29 is 19.1 Å². The highest BCUT2D eigenvalue weighted by molar-refractivity contribution is 5.95. The number of para-hydroxylation sites is 2. The number of ether oxygens (including phenoxy) is 2. The second-order valence-corrected chi connectivity index (χ2v) is 3.32. The molecule has 0 fully saturated rings. The summed E-state index contributed by atoms with van der Waals surface area (Å²) in [6.07, 6.45) is -0.618. The average molecular weight is 252 g/mol. The van der Waals surface area contributed by atoms with Crippen LogP contribution in [0.1, 0.15) is 6.92 Å². The van der Waals surface area contributed by atoms with Crippen LogP contribution >= 0.6 is 0 Å². The lowest BCUT2D eigenvalue weighted by Gasteiger charge is -2.10. The zero-order valence-corrected chi connectivity index (χ0v) is 10.4. The van der Waals surface area contributed by atoms with Gasteiger partial charge in [-0.1, -0.05) is 12.1 Å². The summed E-state index contributed by atoms with van der Waals surface area (Å²) in [5, 5.41) is 4.95. The normalized spacial score (nSPS) is 9.44. The number of carbonyl (C=O) groups excluding carboxylic acids is 2. The maximum absolute atomic E-state index is 11.6. The second-order valence-electron chi connectivity index (χ2n) is 3.32. The van der Waals surface area contributed by atoms with E-state index in [0.29, 0.717) is 11.4 Å². The van der Waals surface area contributed by atoms with Crippen LogP contribution in [0.15, 0.2) is 24.3 Å². The van der Waals surface area contributed by atoms with Crippen molar-refractivity contribution in [2.75, 3.05) is 25.6 Å². The van der Waals surface area contributed by atoms with Gasteiger partial charge in [0.25, 0.3) is 0 Å². The van der Waals surface area contributed by atoms with Crippen LogP contribution in [-0.2, 0) is 9.53 Å². The largest absolute Gasteiger partial charge is 0.495 e. The van der Waals surface area contributed by atoms with Crippen molar-refractivity contribution in [2.24, 2.45) is 0 Å². The number of alkyl carbamates (subject to hydrolysis) is 1. The molecule has 98 valence electrons. The molecule has 2 N–H and O–H groups in total. The molecule has 0 saturated carbocycles. The third kappa shape index (κ3) is 4.32. The maximum Gasteiger partial charge on any atom is 0.407 e. The Morgan fingerprint density at radius 3 is 2.67 bits per heavy atom. The van der Waals surface area contributed by atoms with E-state index in [0.717, 1.165) is 0 Å². The van der Waals surface area contributed by atoms with E-state index in [-0.39, 0.29) is 19.1 Å². The topological polar surface area (TPSA) is 76.7 Å². The fourth-order valence-corrected chi connectivity index (χ4v) is 1.28. The molecule has 1 aromatic rings. The van der Waals surface area contributed by atoms with Crippen molar-refractivity contribution >= 4 is 17.7 Å². The van der Waals surface area contributed by atoms with Crippen LogP contribution in [0.4, 0.5) is 10.5 Å². The van der Waals surface area contributed by atoms with Gasteiger partial charge >= 0.3 is 6.09 Å². The molecule has 0 saturated heterocycles. The molecular formula is C12H16N2O4. The minimum absolute atomic E-state index is 0.156. The van der Waals surface area contributed by atoms with E-state index in [1.54, 1.807) is 31.2 Å². The minimum atomic E-state index is -0.618. The smallest absolute Gasteiger partial charge is 0.407 e. The van der Waals surface area contributed by atoms with E-state index >= 15 is 0 Å². The number of methoxy groups -OCH3 is 1.